The number of anilines is 1. The van der Waals surface area contributed by atoms with E-state index in [9.17, 15) is 15.4 Å². The minimum Gasteiger partial charge on any atom is -0.372 e. The largest absolute Gasteiger partial charge is 0.372 e. The Kier molecular flexibility index (Phi) is 5.10. The molecular weight excluding hydrogens is 314 g/mol. The first-order chi connectivity index (χ1) is 12.2. The smallest absolute Gasteiger partial charge is 0.269 e. The Bertz CT molecular complexity index is 812. The molecule has 1 heterocycles. The van der Waals surface area contributed by atoms with E-state index in [1.807, 2.05) is 12.1 Å². The predicted molar refractivity (Wildman–Crippen MR) is 99.1 cm³/mol. The lowest BCUT2D eigenvalue weighted by atomic mass is 10.0. The lowest BCUT2D eigenvalue weighted by Crippen LogP contribution is -2.29. The average Bonchev–Trinajstić information content (AvgIpc) is 2.67. The average molecular weight is 333 g/mol. The first-order valence-corrected chi connectivity index (χ1v) is 8.39. The van der Waals surface area contributed by atoms with Gasteiger partial charge in [0.05, 0.1) is 16.6 Å². The second-order valence-electron chi connectivity index (χ2n) is 6.11. The van der Waals surface area contributed by atoms with Gasteiger partial charge in [-0.25, -0.2) is 0 Å². The normalized spacial score (nSPS) is 14.8. The molecular formula is C20H19N3O2. The van der Waals surface area contributed by atoms with Gasteiger partial charge < -0.3 is 4.90 Å². The summed E-state index contributed by atoms with van der Waals surface area (Å²) in [5.74, 6) is 0. The van der Waals surface area contributed by atoms with Crippen LogP contribution in [0.1, 0.15) is 30.4 Å². The Hall–Kier alpha value is -3.13. The summed E-state index contributed by atoms with van der Waals surface area (Å²) in [6.45, 7) is 2.20. The first kappa shape index (κ1) is 16.7. The fourth-order valence-corrected chi connectivity index (χ4v) is 3.04. The van der Waals surface area contributed by atoms with E-state index >= 15 is 0 Å². The number of piperidine rings is 1. The van der Waals surface area contributed by atoms with E-state index in [2.05, 4.69) is 23.1 Å². The molecule has 1 fully saturated rings. The molecule has 1 aliphatic heterocycles. The van der Waals surface area contributed by atoms with Gasteiger partial charge in [0, 0.05) is 30.9 Å². The zero-order chi connectivity index (χ0) is 17.6. The third kappa shape index (κ3) is 4.04. The van der Waals surface area contributed by atoms with Crippen LogP contribution in [0.4, 0.5) is 11.4 Å². The third-order valence-corrected chi connectivity index (χ3v) is 4.43. The van der Waals surface area contributed by atoms with E-state index in [0.717, 1.165) is 18.7 Å². The van der Waals surface area contributed by atoms with Crippen molar-refractivity contribution in [2.45, 2.75) is 19.3 Å². The second-order valence-corrected chi connectivity index (χ2v) is 6.11. The number of nitro groups is 1. The van der Waals surface area contributed by atoms with Crippen LogP contribution in [-0.4, -0.2) is 18.0 Å². The van der Waals surface area contributed by atoms with Gasteiger partial charge in [-0.3, -0.25) is 10.1 Å². The number of rotatable bonds is 4. The van der Waals surface area contributed by atoms with Gasteiger partial charge in [-0.05, 0) is 60.7 Å². The summed E-state index contributed by atoms with van der Waals surface area (Å²) in [4.78, 5) is 12.7. The maximum Gasteiger partial charge on any atom is 0.269 e. The van der Waals surface area contributed by atoms with E-state index < -0.39 is 4.92 Å². The van der Waals surface area contributed by atoms with Crippen LogP contribution in [-0.2, 0) is 0 Å². The maximum atomic E-state index is 10.7. The number of non-ortho nitro benzene ring substituents is 1. The van der Waals surface area contributed by atoms with E-state index in [4.69, 9.17) is 0 Å². The molecule has 0 bridgehead atoms. The van der Waals surface area contributed by atoms with Crippen LogP contribution < -0.4 is 4.90 Å². The molecule has 2 aromatic carbocycles. The molecule has 0 aromatic heterocycles. The summed E-state index contributed by atoms with van der Waals surface area (Å²) in [5, 5.41) is 20.1. The number of nitrogens with zero attached hydrogens (tertiary/aromatic N) is 3. The first-order valence-electron chi connectivity index (χ1n) is 8.39. The molecule has 0 spiro atoms. The van der Waals surface area contributed by atoms with Crippen molar-refractivity contribution in [2.24, 2.45) is 0 Å². The molecule has 126 valence electrons. The van der Waals surface area contributed by atoms with Crippen LogP contribution in [0, 0.1) is 21.4 Å². The fourth-order valence-electron chi connectivity index (χ4n) is 3.04. The Morgan fingerprint density at radius 2 is 1.68 bits per heavy atom. The van der Waals surface area contributed by atoms with Crippen LogP contribution in [0.2, 0.25) is 0 Å². The van der Waals surface area contributed by atoms with Crippen LogP contribution in [0.5, 0.6) is 0 Å². The van der Waals surface area contributed by atoms with E-state index in [0.29, 0.717) is 11.1 Å². The molecule has 1 saturated heterocycles. The Morgan fingerprint density at radius 1 is 1.04 bits per heavy atom. The highest BCUT2D eigenvalue weighted by Crippen LogP contribution is 2.24. The maximum absolute atomic E-state index is 10.7. The highest BCUT2D eigenvalue weighted by atomic mass is 16.6. The Balaban J connectivity index is 1.79. The van der Waals surface area contributed by atoms with Crippen LogP contribution in [0.25, 0.3) is 11.6 Å². The highest BCUT2D eigenvalue weighted by molar-refractivity contribution is 5.89. The molecule has 0 amide bonds. The van der Waals surface area contributed by atoms with Gasteiger partial charge in [0.2, 0.25) is 0 Å². The van der Waals surface area contributed by atoms with Crippen LogP contribution >= 0.6 is 0 Å². The van der Waals surface area contributed by atoms with Crippen LogP contribution in [0.15, 0.2) is 48.5 Å². The minimum atomic E-state index is -0.446. The monoisotopic (exact) mass is 333 g/mol. The summed E-state index contributed by atoms with van der Waals surface area (Å²) in [7, 11) is 0. The van der Waals surface area contributed by atoms with Gasteiger partial charge >= 0.3 is 0 Å². The zero-order valence-electron chi connectivity index (χ0n) is 13.9. The summed E-state index contributed by atoms with van der Waals surface area (Å²) < 4.78 is 0. The fraction of sp³-hybridized carbons (Fsp3) is 0.250. The van der Waals surface area contributed by atoms with Crippen LogP contribution in [0.3, 0.4) is 0 Å². The SMILES string of the molecule is N#C/C(=C/c1ccc(N2CCCCC2)cc1)c1ccc([N+](=O)[O-])cc1. The van der Waals surface area contributed by atoms with Crippen molar-refractivity contribution in [3.8, 4) is 6.07 Å². The molecule has 1 aliphatic rings. The van der Waals surface area contributed by atoms with E-state index in [-0.39, 0.29) is 5.69 Å². The molecule has 25 heavy (non-hydrogen) atoms. The van der Waals surface area contributed by atoms with Crippen molar-refractivity contribution in [3.05, 3.63) is 69.8 Å². The van der Waals surface area contributed by atoms with Crippen molar-refractivity contribution in [2.75, 3.05) is 18.0 Å². The molecule has 0 aliphatic carbocycles. The van der Waals surface area contributed by atoms with E-state index in [1.165, 1.54) is 37.1 Å². The third-order valence-electron chi connectivity index (χ3n) is 4.43. The second kappa shape index (κ2) is 7.63. The Labute approximate surface area is 147 Å². The highest BCUT2D eigenvalue weighted by Gasteiger charge is 2.11. The van der Waals surface area contributed by atoms with Gasteiger partial charge in [-0.1, -0.05) is 12.1 Å². The molecule has 0 N–H and O–H groups in total. The molecule has 0 unspecified atom stereocenters. The summed E-state index contributed by atoms with van der Waals surface area (Å²) in [6.07, 6.45) is 5.58. The summed E-state index contributed by atoms with van der Waals surface area (Å²) in [5.41, 5.74) is 3.34. The van der Waals surface area contributed by atoms with Crippen molar-refractivity contribution >= 4 is 23.0 Å². The molecule has 0 saturated carbocycles. The molecule has 0 atom stereocenters. The minimum absolute atomic E-state index is 0.0203. The topological polar surface area (TPSA) is 70.2 Å². The quantitative estimate of drug-likeness (QED) is 0.353. The number of benzene rings is 2. The van der Waals surface area contributed by atoms with E-state index in [1.54, 1.807) is 18.2 Å². The Morgan fingerprint density at radius 3 is 2.24 bits per heavy atom. The van der Waals surface area contributed by atoms with Crippen molar-refractivity contribution < 1.29 is 4.92 Å². The predicted octanol–water partition coefficient (Wildman–Crippen LogP) is 4.65. The van der Waals surface area contributed by atoms with Crippen molar-refractivity contribution in [3.63, 3.8) is 0 Å². The molecule has 5 nitrogen and oxygen atoms in total. The van der Waals surface area contributed by atoms with Gasteiger partial charge in [0.1, 0.15) is 0 Å². The molecule has 2 aromatic rings. The summed E-state index contributed by atoms with van der Waals surface area (Å²) in [6, 6.07) is 16.4. The number of allylic oxidation sites excluding steroid dienone is 1. The standard InChI is InChI=1S/C20H19N3O2/c21-15-18(17-6-10-20(11-7-17)23(24)25)14-16-4-8-19(9-5-16)22-12-2-1-3-13-22/h4-11,14H,1-3,12-13H2/b18-14-. The number of hydrogen-bond donors (Lipinski definition) is 0. The number of nitriles is 1. The lowest BCUT2D eigenvalue weighted by Gasteiger charge is -2.28. The number of nitro benzene ring substituents is 1. The van der Waals surface area contributed by atoms with Gasteiger partial charge in [-0.2, -0.15) is 5.26 Å². The van der Waals surface area contributed by atoms with Crippen molar-refractivity contribution in [1.29, 1.82) is 5.26 Å². The molecule has 5 heteroatoms. The van der Waals surface area contributed by atoms with Gasteiger partial charge in [0.15, 0.2) is 0 Å². The molecule has 3 rings (SSSR count). The van der Waals surface area contributed by atoms with Gasteiger partial charge in [-0.15, -0.1) is 0 Å². The molecule has 0 radical (unpaired) electrons. The van der Waals surface area contributed by atoms with Gasteiger partial charge in [0.25, 0.3) is 5.69 Å². The lowest BCUT2D eigenvalue weighted by molar-refractivity contribution is -0.384. The zero-order valence-corrected chi connectivity index (χ0v) is 13.9. The van der Waals surface area contributed by atoms with Crippen molar-refractivity contribution in [1.82, 2.24) is 0 Å². The summed E-state index contributed by atoms with van der Waals surface area (Å²) >= 11 is 0. The number of hydrogen-bond acceptors (Lipinski definition) is 4.